The molecule has 0 radical (unpaired) electrons. The van der Waals surface area contributed by atoms with Gasteiger partial charge in [0.1, 0.15) is 6.04 Å². The summed E-state index contributed by atoms with van der Waals surface area (Å²) in [6.07, 6.45) is 2.01. The maximum Gasteiger partial charge on any atom is 0.226 e. The quantitative estimate of drug-likeness (QED) is 0.524. The van der Waals surface area contributed by atoms with Crippen LogP contribution in [0.2, 0.25) is 0 Å². The number of nitrogens with zero attached hydrogens (tertiary/aromatic N) is 3. The lowest BCUT2D eigenvalue weighted by Crippen LogP contribution is -2.31. The standard InChI is InChI=1S/C26H28N4O6/c1-32-18-10-9-14(11-19(18)33-2)25-28-26-27-16-7-6-8-17(31)22(16)23(30(26)29-25)15-12-20(34-3)24(36-5)21(13-15)35-4/h9-13,23H,6-8H2,1-5H3,(H,27,28,29)/t23-/m0/s1. The Kier molecular flexibility index (Phi) is 6.17. The second kappa shape index (κ2) is 9.44. The molecule has 1 aliphatic heterocycles. The molecule has 2 heterocycles. The highest BCUT2D eigenvalue weighted by Crippen LogP contribution is 2.46. The molecule has 0 saturated carbocycles. The summed E-state index contributed by atoms with van der Waals surface area (Å²) >= 11 is 0. The van der Waals surface area contributed by atoms with E-state index in [9.17, 15) is 4.79 Å². The summed E-state index contributed by atoms with van der Waals surface area (Å²) in [6.45, 7) is 0. The molecule has 2 aliphatic rings. The highest BCUT2D eigenvalue weighted by Gasteiger charge is 2.38. The normalized spacial score (nSPS) is 16.6. The van der Waals surface area contributed by atoms with Crippen LogP contribution in [0.5, 0.6) is 28.7 Å². The first-order valence-electron chi connectivity index (χ1n) is 11.5. The second-order valence-corrected chi connectivity index (χ2v) is 8.43. The fourth-order valence-corrected chi connectivity index (χ4v) is 4.82. The van der Waals surface area contributed by atoms with Gasteiger partial charge in [-0.2, -0.15) is 4.98 Å². The number of hydrogen-bond donors (Lipinski definition) is 1. The molecule has 0 unspecified atom stereocenters. The number of rotatable bonds is 7. The molecule has 36 heavy (non-hydrogen) atoms. The Bertz CT molecular complexity index is 1340. The minimum absolute atomic E-state index is 0.0799. The van der Waals surface area contributed by atoms with Crippen LogP contribution in [-0.4, -0.2) is 56.1 Å². The molecule has 0 bridgehead atoms. The summed E-state index contributed by atoms with van der Waals surface area (Å²) in [6, 6.07) is 8.70. The van der Waals surface area contributed by atoms with E-state index in [1.165, 1.54) is 0 Å². The predicted octanol–water partition coefficient (Wildman–Crippen LogP) is 4.01. The van der Waals surface area contributed by atoms with Crippen molar-refractivity contribution in [2.75, 3.05) is 40.9 Å². The first-order valence-corrected chi connectivity index (χ1v) is 11.5. The van der Waals surface area contributed by atoms with Crippen molar-refractivity contribution in [2.45, 2.75) is 25.3 Å². The zero-order valence-corrected chi connectivity index (χ0v) is 20.9. The molecular formula is C26H28N4O6. The van der Waals surface area contributed by atoms with Crippen molar-refractivity contribution in [3.63, 3.8) is 0 Å². The van der Waals surface area contributed by atoms with E-state index in [2.05, 4.69) is 5.32 Å². The van der Waals surface area contributed by atoms with E-state index in [0.717, 1.165) is 29.7 Å². The van der Waals surface area contributed by atoms with Crippen LogP contribution < -0.4 is 29.0 Å². The largest absolute Gasteiger partial charge is 0.493 e. The number of carbonyl (C=O) groups excluding carboxylic acids is 1. The van der Waals surface area contributed by atoms with Crippen LogP contribution in [0.4, 0.5) is 5.95 Å². The van der Waals surface area contributed by atoms with E-state index in [0.29, 0.717) is 52.5 Å². The van der Waals surface area contributed by atoms with Gasteiger partial charge < -0.3 is 29.0 Å². The third-order valence-electron chi connectivity index (χ3n) is 6.51. The number of carbonyl (C=O) groups is 1. The molecule has 1 aromatic heterocycles. The fraction of sp³-hybridized carbons (Fsp3) is 0.346. The monoisotopic (exact) mass is 492 g/mol. The van der Waals surface area contributed by atoms with E-state index in [1.807, 2.05) is 30.3 Å². The lowest BCUT2D eigenvalue weighted by molar-refractivity contribution is -0.116. The zero-order chi connectivity index (χ0) is 25.4. The Morgan fingerprint density at radius 1 is 0.861 bits per heavy atom. The summed E-state index contributed by atoms with van der Waals surface area (Å²) in [4.78, 5) is 18.0. The molecule has 1 atom stereocenters. The molecule has 2 aromatic carbocycles. The van der Waals surface area contributed by atoms with Gasteiger partial charge >= 0.3 is 0 Å². The van der Waals surface area contributed by atoms with Crippen LogP contribution in [0.3, 0.4) is 0 Å². The van der Waals surface area contributed by atoms with Crippen molar-refractivity contribution in [3.8, 4) is 40.1 Å². The Hall–Kier alpha value is -4.21. The van der Waals surface area contributed by atoms with E-state index >= 15 is 0 Å². The van der Waals surface area contributed by atoms with Gasteiger partial charge in [-0.05, 0) is 48.7 Å². The minimum atomic E-state index is -0.515. The number of anilines is 1. The van der Waals surface area contributed by atoms with Crippen LogP contribution in [0.1, 0.15) is 30.9 Å². The van der Waals surface area contributed by atoms with Crippen molar-refractivity contribution in [1.82, 2.24) is 14.8 Å². The summed E-state index contributed by atoms with van der Waals surface area (Å²) in [5, 5.41) is 8.19. The Balaban J connectivity index is 1.69. The Morgan fingerprint density at radius 2 is 1.56 bits per heavy atom. The molecular weight excluding hydrogens is 464 g/mol. The molecule has 5 rings (SSSR count). The number of Topliss-reactive ketones (excluding diaryl/α,β-unsaturated/α-hetero) is 1. The molecule has 0 spiro atoms. The third kappa shape index (κ3) is 3.78. The molecule has 10 heteroatoms. The van der Waals surface area contributed by atoms with Crippen LogP contribution in [0.15, 0.2) is 41.6 Å². The maximum atomic E-state index is 13.2. The maximum absolute atomic E-state index is 13.2. The average molecular weight is 493 g/mol. The molecule has 10 nitrogen and oxygen atoms in total. The van der Waals surface area contributed by atoms with Crippen molar-refractivity contribution in [2.24, 2.45) is 0 Å². The SMILES string of the molecule is COc1ccc(-c2nc3n(n2)[C@@H](c2cc(OC)c(OC)c(OC)c2)C2=C(CCCC2=O)N3)cc1OC. The van der Waals surface area contributed by atoms with Gasteiger partial charge in [0.05, 0.1) is 35.5 Å². The molecule has 0 fully saturated rings. The zero-order valence-electron chi connectivity index (χ0n) is 20.9. The average Bonchev–Trinajstić information content (AvgIpc) is 3.34. The Morgan fingerprint density at radius 3 is 2.19 bits per heavy atom. The van der Waals surface area contributed by atoms with Crippen LogP contribution in [-0.2, 0) is 4.79 Å². The Labute approximate surface area is 208 Å². The second-order valence-electron chi connectivity index (χ2n) is 8.43. The minimum Gasteiger partial charge on any atom is -0.493 e. The van der Waals surface area contributed by atoms with Crippen LogP contribution in [0, 0.1) is 0 Å². The van der Waals surface area contributed by atoms with Crippen molar-refractivity contribution >= 4 is 11.7 Å². The first-order chi connectivity index (χ1) is 17.5. The van der Waals surface area contributed by atoms with Gasteiger partial charge in [0.2, 0.25) is 11.7 Å². The highest BCUT2D eigenvalue weighted by molar-refractivity contribution is 5.99. The molecule has 1 N–H and O–H groups in total. The van der Waals surface area contributed by atoms with Gasteiger partial charge in [-0.15, -0.1) is 5.10 Å². The van der Waals surface area contributed by atoms with E-state index in [4.69, 9.17) is 33.8 Å². The molecule has 0 amide bonds. The highest BCUT2D eigenvalue weighted by atomic mass is 16.5. The van der Waals surface area contributed by atoms with Gasteiger partial charge in [-0.25, -0.2) is 4.68 Å². The van der Waals surface area contributed by atoms with E-state index < -0.39 is 6.04 Å². The fourth-order valence-electron chi connectivity index (χ4n) is 4.82. The number of hydrogen-bond acceptors (Lipinski definition) is 9. The first kappa shape index (κ1) is 23.5. The number of benzene rings is 2. The van der Waals surface area contributed by atoms with Crippen LogP contribution in [0.25, 0.3) is 11.4 Å². The lowest BCUT2D eigenvalue weighted by atomic mass is 9.85. The van der Waals surface area contributed by atoms with Crippen molar-refractivity contribution in [1.29, 1.82) is 0 Å². The van der Waals surface area contributed by atoms with Crippen LogP contribution >= 0.6 is 0 Å². The molecule has 1 aliphatic carbocycles. The van der Waals surface area contributed by atoms with Gasteiger partial charge in [0, 0.05) is 23.3 Å². The molecule has 0 saturated heterocycles. The van der Waals surface area contributed by atoms with Gasteiger partial charge in [0.15, 0.2) is 34.6 Å². The summed E-state index contributed by atoms with van der Waals surface area (Å²) in [5.74, 6) is 3.78. The van der Waals surface area contributed by atoms with Crippen molar-refractivity contribution in [3.05, 3.63) is 47.2 Å². The predicted molar refractivity (Wildman–Crippen MR) is 132 cm³/mol. The summed E-state index contributed by atoms with van der Waals surface area (Å²) in [5.41, 5.74) is 3.07. The van der Waals surface area contributed by atoms with E-state index in [-0.39, 0.29) is 5.78 Å². The lowest BCUT2D eigenvalue weighted by Gasteiger charge is -2.32. The van der Waals surface area contributed by atoms with E-state index in [1.54, 1.807) is 40.2 Å². The summed E-state index contributed by atoms with van der Waals surface area (Å²) < 4.78 is 29.2. The van der Waals surface area contributed by atoms with Gasteiger partial charge in [0.25, 0.3) is 0 Å². The van der Waals surface area contributed by atoms with Crippen molar-refractivity contribution < 1.29 is 28.5 Å². The molecule has 188 valence electrons. The number of methoxy groups -OCH3 is 5. The third-order valence-corrected chi connectivity index (χ3v) is 6.51. The topological polar surface area (TPSA) is 106 Å². The van der Waals surface area contributed by atoms with Gasteiger partial charge in [-0.1, -0.05) is 0 Å². The number of ketones is 1. The number of allylic oxidation sites excluding steroid dienone is 2. The number of nitrogens with one attached hydrogen (secondary N) is 1. The number of fused-ring (bicyclic) bond motifs is 1. The number of ether oxygens (including phenoxy) is 5. The smallest absolute Gasteiger partial charge is 0.226 e. The number of aromatic nitrogens is 3. The van der Waals surface area contributed by atoms with Gasteiger partial charge in [-0.3, -0.25) is 4.79 Å². The molecule has 3 aromatic rings. The summed E-state index contributed by atoms with van der Waals surface area (Å²) in [7, 11) is 7.86.